The Labute approximate surface area is 133 Å². The van der Waals surface area contributed by atoms with E-state index in [-0.39, 0.29) is 21.8 Å². The van der Waals surface area contributed by atoms with Gasteiger partial charge in [0.25, 0.3) is 0 Å². The fourth-order valence-corrected chi connectivity index (χ4v) is 4.84. The maximum atomic E-state index is 13.0. The SMILES string of the molecule is CNCC1CCN(S(=O)(=O)c2ccc(F)cc2Br)C1.Cl. The van der Waals surface area contributed by atoms with Gasteiger partial charge in [-0.05, 0) is 60.1 Å². The molecule has 0 aromatic heterocycles. The summed E-state index contributed by atoms with van der Waals surface area (Å²) < 4.78 is 39.7. The van der Waals surface area contributed by atoms with E-state index in [9.17, 15) is 12.8 Å². The van der Waals surface area contributed by atoms with Crippen molar-refractivity contribution in [3.8, 4) is 0 Å². The van der Waals surface area contributed by atoms with Crippen LogP contribution in [0, 0.1) is 11.7 Å². The lowest BCUT2D eigenvalue weighted by atomic mass is 10.1. The second-order valence-electron chi connectivity index (χ2n) is 4.65. The van der Waals surface area contributed by atoms with Crippen molar-refractivity contribution in [1.29, 1.82) is 0 Å². The number of benzene rings is 1. The summed E-state index contributed by atoms with van der Waals surface area (Å²) in [4.78, 5) is 0.124. The third-order valence-corrected chi connectivity index (χ3v) is 6.09. The molecule has 0 spiro atoms. The van der Waals surface area contributed by atoms with Crippen LogP contribution in [-0.4, -0.2) is 39.4 Å². The number of halogens is 3. The largest absolute Gasteiger partial charge is 0.319 e. The van der Waals surface area contributed by atoms with Gasteiger partial charge in [0.2, 0.25) is 10.0 Å². The topological polar surface area (TPSA) is 49.4 Å². The van der Waals surface area contributed by atoms with Crippen molar-refractivity contribution in [2.45, 2.75) is 11.3 Å². The normalized spacial score (nSPS) is 19.9. The first-order valence-electron chi connectivity index (χ1n) is 6.05. The molecule has 1 heterocycles. The zero-order valence-corrected chi connectivity index (χ0v) is 14.2. The van der Waals surface area contributed by atoms with E-state index in [1.165, 1.54) is 22.5 Å². The van der Waals surface area contributed by atoms with Gasteiger partial charge in [-0.15, -0.1) is 12.4 Å². The van der Waals surface area contributed by atoms with E-state index in [4.69, 9.17) is 0 Å². The van der Waals surface area contributed by atoms with Crippen molar-refractivity contribution >= 4 is 38.4 Å². The number of rotatable bonds is 4. The molecule has 0 amide bonds. The van der Waals surface area contributed by atoms with E-state index >= 15 is 0 Å². The molecular formula is C12H17BrClFN2O2S. The van der Waals surface area contributed by atoms with Gasteiger partial charge in [-0.25, -0.2) is 12.8 Å². The third-order valence-electron chi connectivity index (χ3n) is 3.25. The molecule has 1 N–H and O–H groups in total. The molecule has 4 nitrogen and oxygen atoms in total. The van der Waals surface area contributed by atoms with Gasteiger partial charge in [0.15, 0.2) is 0 Å². The molecular weight excluding hydrogens is 371 g/mol. The van der Waals surface area contributed by atoms with Gasteiger partial charge in [-0.2, -0.15) is 4.31 Å². The minimum absolute atomic E-state index is 0. The summed E-state index contributed by atoms with van der Waals surface area (Å²) >= 11 is 3.12. The van der Waals surface area contributed by atoms with Crippen molar-refractivity contribution in [1.82, 2.24) is 9.62 Å². The highest BCUT2D eigenvalue weighted by Crippen LogP contribution is 2.29. The number of hydrogen-bond acceptors (Lipinski definition) is 3. The Balaban J connectivity index is 0.00000200. The number of sulfonamides is 1. The average Bonchev–Trinajstić information content (AvgIpc) is 2.78. The fourth-order valence-electron chi connectivity index (χ4n) is 2.29. The van der Waals surface area contributed by atoms with Crippen molar-refractivity contribution in [2.75, 3.05) is 26.7 Å². The first kappa shape index (κ1) is 17.8. The van der Waals surface area contributed by atoms with Gasteiger partial charge in [0, 0.05) is 17.6 Å². The lowest BCUT2D eigenvalue weighted by molar-refractivity contribution is 0.450. The summed E-state index contributed by atoms with van der Waals surface area (Å²) in [6.07, 6.45) is 0.846. The summed E-state index contributed by atoms with van der Waals surface area (Å²) in [5, 5.41) is 3.06. The Hall–Kier alpha value is -0.210. The summed E-state index contributed by atoms with van der Waals surface area (Å²) in [6, 6.07) is 3.65. The van der Waals surface area contributed by atoms with Crippen LogP contribution in [0.4, 0.5) is 4.39 Å². The van der Waals surface area contributed by atoms with Crippen LogP contribution < -0.4 is 5.32 Å². The average molecular weight is 388 g/mol. The fraction of sp³-hybridized carbons (Fsp3) is 0.500. The molecule has 0 aliphatic carbocycles. The standard InChI is InChI=1S/C12H16BrFN2O2S.ClH/c1-15-7-9-4-5-16(8-9)19(17,18)12-3-2-10(14)6-11(12)13;/h2-3,6,9,15H,4-5,7-8H2,1H3;1H. The molecule has 2 rings (SSSR count). The van der Waals surface area contributed by atoms with Gasteiger partial charge in [0.1, 0.15) is 5.82 Å². The quantitative estimate of drug-likeness (QED) is 0.862. The van der Waals surface area contributed by atoms with E-state index in [1.54, 1.807) is 0 Å². The van der Waals surface area contributed by atoms with Gasteiger partial charge in [-0.1, -0.05) is 0 Å². The van der Waals surface area contributed by atoms with E-state index in [2.05, 4.69) is 21.2 Å². The van der Waals surface area contributed by atoms with Gasteiger partial charge in [-0.3, -0.25) is 0 Å². The van der Waals surface area contributed by atoms with Crippen LogP contribution in [0.5, 0.6) is 0 Å². The van der Waals surface area contributed by atoms with Crippen LogP contribution in [0.25, 0.3) is 0 Å². The van der Waals surface area contributed by atoms with Crippen molar-refractivity contribution in [3.63, 3.8) is 0 Å². The van der Waals surface area contributed by atoms with Crippen LogP contribution in [0.15, 0.2) is 27.6 Å². The van der Waals surface area contributed by atoms with Gasteiger partial charge >= 0.3 is 0 Å². The predicted molar refractivity (Wildman–Crippen MR) is 82.1 cm³/mol. The van der Waals surface area contributed by atoms with Crippen LogP contribution in [0.1, 0.15) is 6.42 Å². The molecule has 0 bridgehead atoms. The number of nitrogens with zero attached hydrogens (tertiary/aromatic N) is 1. The van der Waals surface area contributed by atoms with Crippen LogP contribution in [0.3, 0.4) is 0 Å². The predicted octanol–water partition coefficient (Wildman–Crippen LogP) is 2.24. The molecule has 1 fully saturated rings. The summed E-state index contributed by atoms with van der Waals surface area (Å²) in [5.74, 6) is -0.126. The minimum atomic E-state index is -3.55. The molecule has 1 aliphatic rings. The molecule has 1 aromatic rings. The lowest BCUT2D eigenvalue weighted by Crippen LogP contribution is -2.30. The molecule has 1 aliphatic heterocycles. The maximum absolute atomic E-state index is 13.0. The summed E-state index contributed by atoms with van der Waals surface area (Å²) in [6.45, 7) is 1.82. The Morgan fingerprint density at radius 3 is 2.80 bits per heavy atom. The molecule has 1 unspecified atom stereocenters. The van der Waals surface area contributed by atoms with Gasteiger partial charge < -0.3 is 5.32 Å². The molecule has 20 heavy (non-hydrogen) atoms. The monoisotopic (exact) mass is 386 g/mol. The number of nitrogens with one attached hydrogen (secondary N) is 1. The zero-order valence-electron chi connectivity index (χ0n) is 11.0. The van der Waals surface area contributed by atoms with Crippen LogP contribution in [0.2, 0.25) is 0 Å². The molecule has 1 atom stereocenters. The molecule has 1 saturated heterocycles. The Morgan fingerprint density at radius 1 is 1.50 bits per heavy atom. The lowest BCUT2D eigenvalue weighted by Gasteiger charge is -2.17. The highest BCUT2D eigenvalue weighted by molar-refractivity contribution is 9.10. The summed E-state index contributed by atoms with van der Waals surface area (Å²) in [7, 11) is -1.69. The van der Waals surface area contributed by atoms with E-state index in [1.807, 2.05) is 7.05 Å². The molecule has 1 aromatic carbocycles. The molecule has 8 heteroatoms. The smallest absolute Gasteiger partial charge is 0.244 e. The highest BCUT2D eigenvalue weighted by Gasteiger charge is 2.33. The first-order valence-corrected chi connectivity index (χ1v) is 8.28. The van der Waals surface area contributed by atoms with Crippen molar-refractivity contribution in [2.24, 2.45) is 5.92 Å². The maximum Gasteiger partial charge on any atom is 0.244 e. The summed E-state index contributed by atoms with van der Waals surface area (Å²) in [5.41, 5.74) is 0. The Morgan fingerprint density at radius 2 is 2.20 bits per heavy atom. The third kappa shape index (κ3) is 3.71. The van der Waals surface area contributed by atoms with E-state index in [0.29, 0.717) is 19.0 Å². The Kier molecular flexibility index (Phi) is 6.40. The van der Waals surface area contributed by atoms with Crippen LogP contribution in [-0.2, 0) is 10.0 Å². The van der Waals surface area contributed by atoms with Crippen molar-refractivity contribution < 1.29 is 12.8 Å². The number of hydrogen-bond donors (Lipinski definition) is 1. The Bertz CT molecular complexity index is 571. The van der Waals surface area contributed by atoms with Crippen LogP contribution >= 0.6 is 28.3 Å². The molecule has 114 valence electrons. The molecule has 0 saturated carbocycles. The second-order valence-corrected chi connectivity index (χ2v) is 7.41. The minimum Gasteiger partial charge on any atom is -0.319 e. The van der Waals surface area contributed by atoms with Gasteiger partial charge in [0.05, 0.1) is 4.90 Å². The molecule has 0 radical (unpaired) electrons. The highest BCUT2D eigenvalue weighted by atomic mass is 79.9. The van der Waals surface area contributed by atoms with Crippen molar-refractivity contribution in [3.05, 3.63) is 28.5 Å². The van der Waals surface area contributed by atoms with E-state index in [0.717, 1.165) is 13.0 Å². The zero-order chi connectivity index (χ0) is 14.0. The first-order chi connectivity index (χ1) is 8.95. The second kappa shape index (κ2) is 7.17. The van der Waals surface area contributed by atoms with E-state index < -0.39 is 15.8 Å².